The first-order valence-corrected chi connectivity index (χ1v) is 11.2. The number of nitro benzene ring substituents is 2. The largest absolute Gasteiger partial charge is 0.502 e. The number of hydrogen-bond donors (Lipinski definition) is 0. The predicted octanol–water partition coefficient (Wildman–Crippen LogP) is 4.02. The molecule has 0 saturated carbocycles. The lowest BCUT2D eigenvalue weighted by molar-refractivity contribution is -0.598. The van der Waals surface area contributed by atoms with Crippen LogP contribution in [0.3, 0.4) is 0 Å². The minimum Gasteiger partial charge on any atom is -0.502 e. The van der Waals surface area contributed by atoms with Crippen molar-refractivity contribution in [3.05, 3.63) is 85.3 Å². The highest BCUT2D eigenvalue weighted by molar-refractivity contribution is 7.93. The van der Waals surface area contributed by atoms with Gasteiger partial charge in [0.1, 0.15) is 16.4 Å². The number of hydrogen-bond acceptors (Lipinski definition) is 9. The summed E-state index contributed by atoms with van der Waals surface area (Å²) in [5.41, 5.74) is 3.84. The van der Waals surface area contributed by atoms with Crippen molar-refractivity contribution in [1.29, 1.82) is 0 Å². The van der Waals surface area contributed by atoms with E-state index in [-0.39, 0.29) is 27.9 Å². The molecule has 0 radical (unpaired) electrons. The Morgan fingerprint density at radius 2 is 1.62 bits per heavy atom. The van der Waals surface area contributed by atoms with Crippen LogP contribution in [-0.4, -0.2) is 28.0 Å². The van der Waals surface area contributed by atoms with Gasteiger partial charge >= 0.3 is 0 Å². The summed E-state index contributed by atoms with van der Waals surface area (Å²) in [6, 6.07) is 9.53. The third kappa shape index (κ3) is 5.85. The smallest absolute Gasteiger partial charge is 0.269 e. The topological polar surface area (TPSA) is 195 Å². The summed E-state index contributed by atoms with van der Waals surface area (Å²) in [6.45, 7) is 2.37. The molecule has 0 bridgehead atoms. The molecule has 1 aromatic heterocycles. The standard InChI is InChI=1S/C18H18N9O6S/c1-2-3-12-24-18(21-22-20-14-4-6-15(7-5-14)26(28)29)25(13-19-24)23-34(32,33)17-10-8-16(9-11-17)27(30)31/h4-11,13H,2-3,12H2,1H3/q-1. The fraction of sp³-hybridized carbons (Fsp3) is 0.222. The van der Waals surface area contributed by atoms with Crippen LogP contribution in [0.1, 0.15) is 19.8 Å². The van der Waals surface area contributed by atoms with Crippen LogP contribution in [-0.2, 0) is 16.6 Å². The van der Waals surface area contributed by atoms with E-state index in [1.807, 2.05) is 6.92 Å². The van der Waals surface area contributed by atoms with Crippen molar-refractivity contribution >= 4 is 33.0 Å². The zero-order chi connectivity index (χ0) is 24.7. The van der Waals surface area contributed by atoms with Crippen molar-refractivity contribution in [2.45, 2.75) is 31.2 Å². The second-order valence-corrected chi connectivity index (χ2v) is 8.31. The summed E-state index contributed by atoms with van der Waals surface area (Å²) in [7, 11) is -4.26. The Morgan fingerprint density at radius 3 is 2.18 bits per heavy atom. The highest BCUT2D eigenvalue weighted by Gasteiger charge is 2.13. The Kier molecular flexibility index (Phi) is 7.42. The van der Waals surface area contributed by atoms with Gasteiger partial charge in [-0.15, -0.1) is 5.11 Å². The molecule has 15 nitrogen and oxygen atoms in total. The fourth-order valence-corrected chi connectivity index (χ4v) is 3.53. The maximum absolute atomic E-state index is 12.7. The zero-order valence-electron chi connectivity index (χ0n) is 17.7. The number of rotatable bonds is 11. The van der Waals surface area contributed by atoms with Gasteiger partial charge in [-0.25, -0.2) is 13.1 Å². The average molecular weight is 488 g/mol. The van der Waals surface area contributed by atoms with Crippen LogP contribution in [0.5, 0.6) is 0 Å². The van der Waals surface area contributed by atoms with Crippen molar-refractivity contribution in [2.75, 3.05) is 0 Å². The second-order valence-electron chi connectivity index (χ2n) is 6.72. The van der Waals surface area contributed by atoms with Crippen LogP contribution in [0, 0.1) is 20.2 Å². The number of nitrogens with zero attached hydrogens (tertiary/aromatic N) is 9. The summed E-state index contributed by atoms with van der Waals surface area (Å²) < 4.78 is 27.7. The van der Waals surface area contributed by atoms with Gasteiger partial charge < -0.3 is 9.51 Å². The molecular formula is C18H18N9O6S-. The first-order valence-electron chi connectivity index (χ1n) is 9.77. The van der Waals surface area contributed by atoms with Crippen molar-refractivity contribution in [1.82, 2.24) is 9.78 Å². The summed E-state index contributed by atoms with van der Waals surface area (Å²) in [6.07, 6.45) is 2.69. The minimum absolute atomic E-state index is 0.0374. The normalized spacial score (nSPS) is 11.4. The van der Waals surface area contributed by atoms with E-state index in [9.17, 15) is 28.6 Å². The highest BCUT2D eigenvalue weighted by atomic mass is 32.2. The molecule has 3 rings (SSSR count). The maximum Gasteiger partial charge on any atom is 0.269 e. The van der Waals surface area contributed by atoms with Gasteiger partial charge in [-0.1, -0.05) is 18.8 Å². The van der Waals surface area contributed by atoms with Gasteiger partial charge in [0.25, 0.3) is 11.4 Å². The quantitative estimate of drug-likeness (QED) is 0.168. The number of aromatic nitrogens is 3. The maximum atomic E-state index is 12.7. The molecule has 0 amide bonds. The molecule has 0 N–H and O–H groups in total. The lowest BCUT2D eigenvalue weighted by Crippen LogP contribution is -2.31. The minimum atomic E-state index is -4.26. The van der Waals surface area contributed by atoms with E-state index in [1.54, 1.807) is 0 Å². The molecule has 16 heteroatoms. The van der Waals surface area contributed by atoms with Gasteiger partial charge in [-0.05, 0) is 35.9 Å². The molecular weight excluding hydrogens is 470 g/mol. The van der Waals surface area contributed by atoms with E-state index in [0.29, 0.717) is 6.54 Å². The number of aryl methyl sites for hydroxylation is 1. The van der Waals surface area contributed by atoms with Crippen molar-refractivity contribution in [2.24, 2.45) is 10.3 Å². The molecule has 0 atom stereocenters. The van der Waals surface area contributed by atoms with Crippen LogP contribution in [0.2, 0.25) is 0 Å². The molecule has 0 aliphatic heterocycles. The number of non-ortho nitro benzene ring substituents is 2. The zero-order valence-corrected chi connectivity index (χ0v) is 18.5. The first kappa shape index (κ1) is 24.2. The Labute approximate surface area is 193 Å². The average Bonchev–Trinajstić information content (AvgIpc) is 3.18. The van der Waals surface area contributed by atoms with Gasteiger partial charge in [0.05, 0.1) is 20.4 Å². The number of nitro groups is 2. The van der Waals surface area contributed by atoms with E-state index >= 15 is 0 Å². The third-order valence-electron chi connectivity index (χ3n) is 4.36. The lowest BCUT2D eigenvalue weighted by Gasteiger charge is -2.23. The summed E-state index contributed by atoms with van der Waals surface area (Å²) in [5, 5.41) is 33.2. The van der Waals surface area contributed by atoms with Crippen LogP contribution in [0.15, 0.2) is 70.1 Å². The number of unbranched alkanes of at least 4 members (excludes halogenated alkanes) is 1. The number of sulfonamides is 1. The van der Waals surface area contributed by atoms with Gasteiger partial charge in [-0.2, -0.15) is 5.10 Å². The van der Waals surface area contributed by atoms with Gasteiger partial charge in [0.2, 0.25) is 5.95 Å². The Hall–Kier alpha value is -4.47. The van der Waals surface area contributed by atoms with E-state index in [2.05, 4.69) is 25.7 Å². The number of benzene rings is 2. The lowest BCUT2D eigenvalue weighted by atomic mass is 10.3. The SMILES string of the molecule is CCCCn1nc[n+]([N-]S(=O)(=O)c2ccc([N+](=O)[O-])cc2)c1[N-]N=Nc1ccc([N+](=O)[O-])cc1. The molecule has 3 aromatic rings. The monoisotopic (exact) mass is 488 g/mol. The van der Waals surface area contributed by atoms with Crippen molar-refractivity contribution < 1.29 is 22.9 Å². The predicted molar refractivity (Wildman–Crippen MR) is 117 cm³/mol. The second kappa shape index (κ2) is 10.4. The van der Waals surface area contributed by atoms with Crippen LogP contribution in [0.25, 0.3) is 10.3 Å². The van der Waals surface area contributed by atoms with Gasteiger partial charge in [0.15, 0.2) is 0 Å². The Morgan fingerprint density at radius 1 is 1.03 bits per heavy atom. The molecule has 0 aliphatic carbocycles. The van der Waals surface area contributed by atoms with Crippen LogP contribution in [0.4, 0.5) is 23.0 Å². The van der Waals surface area contributed by atoms with Gasteiger partial charge in [0, 0.05) is 30.8 Å². The molecule has 2 aromatic carbocycles. The fourth-order valence-electron chi connectivity index (χ4n) is 2.61. The van der Waals surface area contributed by atoms with Crippen molar-refractivity contribution in [3.63, 3.8) is 0 Å². The van der Waals surface area contributed by atoms with Gasteiger partial charge in [-0.3, -0.25) is 20.2 Å². The summed E-state index contributed by atoms with van der Waals surface area (Å²) in [5.74, 6) is -0.0374. The highest BCUT2D eigenvalue weighted by Crippen LogP contribution is 2.23. The van der Waals surface area contributed by atoms with Crippen LogP contribution < -0.4 is 4.68 Å². The molecule has 0 fully saturated rings. The molecule has 0 spiro atoms. The first-order chi connectivity index (χ1) is 16.2. The summed E-state index contributed by atoms with van der Waals surface area (Å²) in [4.78, 5) is 23.8. The van der Waals surface area contributed by atoms with E-state index in [0.717, 1.165) is 48.1 Å². The molecule has 34 heavy (non-hydrogen) atoms. The van der Waals surface area contributed by atoms with Crippen molar-refractivity contribution in [3.8, 4) is 0 Å². The van der Waals surface area contributed by atoms with E-state index in [4.69, 9.17) is 0 Å². The third-order valence-corrected chi connectivity index (χ3v) is 5.61. The molecule has 1 heterocycles. The molecule has 0 aliphatic rings. The molecule has 0 saturated heterocycles. The van der Waals surface area contributed by atoms with E-state index < -0.39 is 19.9 Å². The Bertz CT molecular complexity index is 1300. The molecule has 0 unspecified atom stereocenters. The van der Waals surface area contributed by atoms with Crippen LogP contribution >= 0.6 is 0 Å². The molecule has 178 valence electrons. The Balaban J connectivity index is 1.83. The van der Waals surface area contributed by atoms with E-state index in [1.165, 1.54) is 28.9 Å². The summed E-state index contributed by atoms with van der Waals surface area (Å²) >= 11 is 0.